The SMILES string of the molecule is CC(CCCN)CN1CCC(C)C(C)C1. The van der Waals surface area contributed by atoms with Crippen LogP contribution in [0, 0.1) is 17.8 Å². The molecule has 1 rings (SSSR count). The number of nitrogens with zero attached hydrogens (tertiary/aromatic N) is 1. The minimum atomic E-state index is 0.814. The molecule has 0 bridgehead atoms. The largest absolute Gasteiger partial charge is 0.330 e. The predicted molar refractivity (Wildman–Crippen MR) is 66.8 cm³/mol. The second-order valence-corrected chi connectivity index (χ2v) is 5.54. The predicted octanol–water partition coefficient (Wildman–Crippen LogP) is 2.34. The number of likely N-dealkylation sites (tertiary alicyclic amines) is 1. The minimum Gasteiger partial charge on any atom is -0.330 e. The van der Waals surface area contributed by atoms with Crippen molar-refractivity contribution < 1.29 is 0 Å². The van der Waals surface area contributed by atoms with Crippen LogP contribution in [0.15, 0.2) is 0 Å². The molecule has 90 valence electrons. The molecule has 0 aromatic carbocycles. The van der Waals surface area contributed by atoms with Gasteiger partial charge in [0.1, 0.15) is 0 Å². The second-order valence-electron chi connectivity index (χ2n) is 5.54. The monoisotopic (exact) mass is 212 g/mol. The van der Waals surface area contributed by atoms with Gasteiger partial charge in [0.05, 0.1) is 0 Å². The summed E-state index contributed by atoms with van der Waals surface area (Å²) in [5.74, 6) is 2.61. The Balaban J connectivity index is 2.21. The Morgan fingerprint density at radius 2 is 2.07 bits per heavy atom. The lowest BCUT2D eigenvalue weighted by Crippen LogP contribution is -2.40. The third-order valence-electron chi connectivity index (χ3n) is 3.89. The van der Waals surface area contributed by atoms with Crippen molar-refractivity contribution in [1.82, 2.24) is 4.90 Å². The summed E-state index contributed by atoms with van der Waals surface area (Å²) >= 11 is 0. The fourth-order valence-corrected chi connectivity index (χ4v) is 2.51. The van der Waals surface area contributed by atoms with Crippen LogP contribution in [0.25, 0.3) is 0 Å². The molecule has 1 aliphatic rings. The molecule has 2 N–H and O–H groups in total. The standard InChI is InChI=1S/C13H28N2/c1-11(5-4-7-14)9-15-8-6-12(2)13(3)10-15/h11-13H,4-10,14H2,1-3H3. The maximum absolute atomic E-state index is 5.54. The first-order chi connectivity index (χ1) is 7.13. The minimum absolute atomic E-state index is 0.814. The Kier molecular flexibility index (Phi) is 5.62. The molecule has 1 saturated heterocycles. The molecule has 0 aromatic rings. The Morgan fingerprint density at radius 1 is 1.33 bits per heavy atom. The second kappa shape index (κ2) is 6.49. The summed E-state index contributed by atoms with van der Waals surface area (Å²) in [4.78, 5) is 2.64. The molecule has 2 nitrogen and oxygen atoms in total. The number of piperidine rings is 1. The van der Waals surface area contributed by atoms with E-state index in [4.69, 9.17) is 5.73 Å². The summed E-state index contributed by atoms with van der Waals surface area (Å²) < 4.78 is 0. The van der Waals surface area contributed by atoms with Crippen molar-refractivity contribution in [2.75, 3.05) is 26.2 Å². The van der Waals surface area contributed by atoms with Crippen LogP contribution in [0.2, 0.25) is 0 Å². The number of rotatable bonds is 5. The number of nitrogens with two attached hydrogens (primary N) is 1. The first-order valence-corrected chi connectivity index (χ1v) is 6.56. The van der Waals surface area contributed by atoms with Gasteiger partial charge < -0.3 is 10.6 Å². The van der Waals surface area contributed by atoms with Crippen LogP contribution < -0.4 is 5.73 Å². The van der Waals surface area contributed by atoms with E-state index in [-0.39, 0.29) is 0 Å². The van der Waals surface area contributed by atoms with E-state index in [1.54, 1.807) is 0 Å². The van der Waals surface area contributed by atoms with Crippen molar-refractivity contribution in [2.24, 2.45) is 23.5 Å². The van der Waals surface area contributed by atoms with Crippen LogP contribution in [0.3, 0.4) is 0 Å². The molecule has 1 fully saturated rings. The molecule has 2 heteroatoms. The number of hydrogen-bond donors (Lipinski definition) is 1. The van der Waals surface area contributed by atoms with Gasteiger partial charge in [-0.3, -0.25) is 0 Å². The molecule has 0 amide bonds. The summed E-state index contributed by atoms with van der Waals surface area (Å²) in [7, 11) is 0. The van der Waals surface area contributed by atoms with Gasteiger partial charge in [0, 0.05) is 13.1 Å². The molecule has 1 heterocycles. The van der Waals surface area contributed by atoms with Gasteiger partial charge in [-0.05, 0) is 50.1 Å². The molecule has 0 aliphatic carbocycles. The lowest BCUT2D eigenvalue weighted by Gasteiger charge is -2.36. The Morgan fingerprint density at radius 3 is 2.67 bits per heavy atom. The average molecular weight is 212 g/mol. The average Bonchev–Trinajstić information content (AvgIpc) is 2.20. The van der Waals surface area contributed by atoms with Gasteiger partial charge in [-0.15, -0.1) is 0 Å². The van der Waals surface area contributed by atoms with Crippen LogP contribution in [-0.2, 0) is 0 Å². The molecular weight excluding hydrogens is 184 g/mol. The fraction of sp³-hybridized carbons (Fsp3) is 1.00. The molecule has 15 heavy (non-hydrogen) atoms. The summed E-state index contributed by atoms with van der Waals surface area (Å²) in [6.07, 6.45) is 3.85. The van der Waals surface area contributed by atoms with Gasteiger partial charge in [-0.25, -0.2) is 0 Å². The van der Waals surface area contributed by atoms with Crippen LogP contribution in [-0.4, -0.2) is 31.1 Å². The van der Waals surface area contributed by atoms with Crippen molar-refractivity contribution in [3.05, 3.63) is 0 Å². The first kappa shape index (κ1) is 13.0. The third kappa shape index (κ3) is 4.52. The van der Waals surface area contributed by atoms with Gasteiger partial charge in [0.15, 0.2) is 0 Å². The van der Waals surface area contributed by atoms with Gasteiger partial charge in [-0.1, -0.05) is 20.8 Å². The quantitative estimate of drug-likeness (QED) is 0.758. The summed E-state index contributed by atoms with van der Waals surface area (Å²) in [6.45, 7) is 11.9. The van der Waals surface area contributed by atoms with Crippen molar-refractivity contribution >= 4 is 0 Å². The zero-order chi connectivity index (χ0) is 11.3. The summed E-state index contributed by atoms with van der Waals surface area (Å²) in [6, 6.07) is 0. The van der Waals surface area contributed by atoms with E-state index >= 15 is 0 Å². The molecular formula is C13H28N2. The van der Waals surface area contributed by atoms with Gasteiger partial charge in [0.2, 0.25) is 0 Å². The molecule has 0 saturated carbocycles. The molecule has 3 atom stereocenters. The highest BCUT2D eigenvalue weighted by atomic mass is 15.1. The van der Waals surface area contributed by atoms with E-state index in [9.17, 15) is 0 Å². The Bertz CT molecular complexity index is 170. The maximum atomic E-state index is 5.54. The van der Waals surface area contributed by atoms with E-state index in [0.29, 0.717) is 0 Å². The normalized spacial score (nSPS) is 30.4. The zero-order valence-corrected chi connectivity index (χ0v) is 10.7. The molecule has 0 spiro atoms. The summed E-state index contributed by atoms with van der Waals surface area (Å²) in [5, 5.41) is 0. The van der Waals surface area contributed by atoms with Crippen molar-refractivity contribution in [1.29, 1.82) is 0 Å². The van der Waals surface area contributed by atoms with E-state index in [0.717, 1.165) is 24.3 Å². The van der Waals surface area contributed by atoms with Crippen molar-refractivity contribution in [3.8, 4) is 0 Å². The third-order valence-corrected chi connectivity index (χ3v) is 3.89. The molecule has 1 aliphatic heterocycles. The fourth-order valence-electron chi connectivity index (χ4n) is 2.51. The van der Waals surface area contributed by atoms with E-state index in [2.05, 4.69) is 25.7 Å². The lowest BCUT2D eigenvalue weighted by atomic mass is 9.88. The van der Waals surface area contributed by atoms with Crippen LogP contribution in [0.4, 0.5) is 0 Å². The van der Waals surface area contributed by atoms with E-state index < -0.39 is 0 Å². The maximum Gasteiger partial charge on any atom is 0.000969 e. The highest BCUT2D eigenvalue weighted by molar-refractivity contribution is 4.76. The smallest absolute Gasteiger partial charge is 0.000969 e. The topological polar surface area (TPSA) is 29.3 Å². The van der Waals surface area contributed by atoms with Crippen LogP contribution in [0.1, 0.15) is 40.0 Å². The summed E-state index contributed by atoms with van der Waals surface area (Å²) in [5.41, 5.74) is 5.54. The molecule has 3 unspecified atom stereocenters. The zero-order valence-electron chi connectivity index (χ0n) is 10.7. The van der Waals surface area contributed by atoms with E-state index in [1.165, 1.54) is 38.9 Å². The molecule has 0 aromatic heterocycles. The highest BCUT2D eigenvalue weighted by Gasteiger charge is 2.23. The van der Waals surface area contributed by atoms with E-state index in [1.807, 2.05) is 0 Å². The Labute approximate surface area is 95.2 Å². The molecule has 0 radical (unpaired) electrons. The Hall–Kier alpha value is -0.0800. The van der Waals surface area contributed by atoms with Crippen molar-refractivity contribution in [2.45, 2.75) is 40.0 Å². The highest BCUT2D eigenvalue weighted by Crippen LogP contribution is 2.23. The van der Waals surface area contributed by atoms with Crippen LogP contribution in [0.5, 0.6) is 0 Å². The first-order valence-electron chi connectivity index (χ1n) is 6.56. The van der Waals surface area contributed by atoms with Gasteiger partial charge in [0.25, 0.3) is 0 Å². The van der Waals surface area contributed by atoms with Gasteiger partial charge in [-0.2, -0.15) is 0 Å². The van der Waals surface area contributed by atoms with Crippen LogP contribution >= 0.6 is 0 Å². The number of hydrogen-bond acceptors (Lipinski definition) is 2. The lowest BCUT2D eigenvalue weighted by molar-refractivity contribution is 0.121. The van der Waals surface area contributed by atoms with Crippen molar-refractivity contribution in [3.63, 3.8) is 0 Å². The van der Waals surface area contributed by atoms with Gasteiger partial charge >= 0.3 is 0 Å².